The minimum absolute atomic E-state index is 0.132. The molecule has 2 N–H and O–H groups in total. The number of hydrogen-bond acceptors (Lipinski definition) is 5. The van der Waals surface area contributed by atoms with Gasteiger partial charge in [0.05, 0.1) is 11.1 Å². The van der Waals surface area contributed by atoms with Crippen molar-refractivity contribution in [2.24, 2.45) is 0 Å². The van der Waals surface area contributed by atoms with E-state index in [-0.39, 0.29) is 22.3 Å². The molecule has 0 saturated carbocycles. The van der Waals surface area contributed by atoms with E-state index in [0.717, 1.165) is 34.8 Å². The molecule has 2 heterocycles. The maximum atomic E-state index is 13.0. The van der Waals surface area contributed by atoms with Crippen LogP contribution in [0.5, 0.6) is 0 Å². The summed E-state index contributed by atoms with van der Waals surface area (Å²) in [5.74, 6) is -1.25. The normalized spacial score (nSPS) is 11.2. The number of alkyl halides is 3. The predicted molar refractivity (Wildman–Crippen MR) is 151 cm³/mol. The summed E-state index contributed by atoms with van der Waals surface area (Å²) >= 11 is 6.61. The fraction of sp³-hybridized carbons (Fsp3) is 0.0333. The van der Waals surface area contributed by atoms with Crippen molar-refractivity contribution in [1.82, 2.24) is 15.0 Å². The lowest BCUT2D eigenvalue weighted by atomic mass is 9.95. The number of rotatable bonds is 6. The third-order valence-electron chi connectivity index (χ3n) is 6.10. The first kappa shape index (κ1) is 27.5. The van der Waals surface area contributed by atoms with Crippen molar-refractivity contribution < 1.29 is 22.8 Å². The van der Waals surface area contributed by atoms with Crippen LogP contribution in [0, 0.1) is 0 Å². The third-order valence-corrected chi connectivity index (χ3v) is 6.42. The number of anilines is 2. The summed E-state index contributed by atoms with van der Waals surface area (Å²) in [5.41, 5.74) is 3.29. The van der Waals surface area contributed by atoms with Crippen LogP contribution in [0.4, 0.5) is 24.7 Å². The number of aromatic nitrogens is 3. The molecule has 7 nitrogen and oxygen atoms in total. The molecule has 3 aromatic carbocycles. The summed E-state index contributed by atoms with van der Waals surface area (Å²) in [7, 11) is 0. The SMILES string of the molecule is C=CC(=O)Nc1cccc(-c2cc(-c3ccc(C(=O)Nc4cc(C(F)(F)F)ccn4)cc3Cl)cc3cncnc23)c1. The highest BCUT2D eigenvalue weighted by molar-refractivity contribution is 6.34. The zero-order valence-corrected chi connectivity index (χ0v) is 21.8. The van der Waals surface area contributed by atoms with Gasteiger partial charge in [0, 0.05) is 45.2 Å². The van der Waals surface area contributed by atoms with Crippen molar-refractivity contribution in [1.29, 1.82) is 0 Å². The molecule has 2 amide bonds. The highest BCUT2D eigenvalue weighted by Crippen LogP contribution is 2.37. The Labute approximate surface area is 236 Å². The highest BCUT2D eigenvalue weighted by Gasteiger charge is 2.31. The Morgan fingerprint density at radius 3 is 2.49 bits per heavy atom. The van der Waals surface area contributed by atoms with Crippen molar-refractivity contribution in [3.8, 4) is 22.3 Å². The second kappa shape index (κ2) is 11.2. The fourth-order valence-corrected chi connectivity index (χ4v) is 4.48. The van der Waals surface area contributed by atoms with E-state index in [9.17, 15) is 22.8 Å². The number of carbonyl (C=O) groups excluding carboxylic acids is 2. The van der Waals surface area contributed by atoms with Crippen LogP contribution in [0.15, 0.2) is 98.1 Å². The van der Waals surface area contributed by atoms with Crippen molar-refractivity contribution in [3.63, 3.8) is 0 Å². The molecule has 0 aliphatic carbocycles. The molecule has 5 rings (SSSR count). The highest BCUT2D eigenvalue weighted by atomic mass is 35.5. The van der Waals surface area contributed by atoms with Gasteiger partial charge in [-0.1, -0.05) is 36.4 Å². The van der Waals surface area contributed by atoms with E-state index in [1.54, 1.807) is 30.5 Å². The van der Waals surface area contributed by atoms with E-state index in [1.807, 2.05) is 18.2 Å². The molecule has 11 heteroatoms. The maximum Gasteiger partial charge on any atom is 0.416 e. The summed E-state index contributed by atoms with van der Waals surface area (Å²) in [6.45, 7) is 3.47. The number of hydrogen-bond donors (Lipinski definition) is 2. The van der Waals surface area contributed by atoms with Gasteiger partial charge in [-0.25, -0.2) is 15.0 Å². The average Bonchev–Trinajstić information content (AvgIpc) is 2.96. The van der Waals surface area contributed by atoms with Gasteiger partial charge in [-0.05, 0) is 65.7 Å². The third kappa shape index (κ3) is 6.07. The molecular weight excluding hydrogens is 555 g/mol. The molecule has 0 atom stereocenters. The Morgan fingerprint density at radius 2 is 1.73 bits per heavy atom. The molecule has 5 aromatic rings. The molecule has 0 fully saturated rings. The first-order chi connectivity index (χ1) is 19.6. The first-order valence-corrected chi connectivity index (χ1v) is 12.4. The number of benzene rings is 3. The molecule has 0 saturated heterocycles. The summed E-state index contributed by atoms with van der Waals surface area (Å²) in [4.78, 5) is 37.0. The Kier molecular flexibility index (Phi) is 7.50. The Morgan fingerprint density at radius 1 is 0.902 bits per heavy atom. The van der Waals surface area contributed by atoms with Crippen LogP contribution in [0.2, 0.25) is 5.02 Å². The Balaban J connectivity index is 1.49. The molecule has 0 radical (unpaired) electrons. The van der Waals surface area contributed by atoms with E-state index < -0.39 is 17.6 Å². The number of nitrogens with zero attached hydrogens (tertiary/aromatic N) is 3. The summed E-state index contributed by atoms with van der Waals surface area (Å²) in [5, 5.41) is 6.08. The van der Waals surface area contributed by atoms with Crippen LogP contribution in [0.3, 0.4) is 0 Å². The van der Waals surface area contributed by atoms with E-state index in [2.05, 4.69) is 32.2 Å². The van der Waals surface area contributed by atoms with Crippen molar-refractivity contribution in [3.05, 3.63) is 114 Å². The fourth-order valence-electron chi connectivity index (χ4n) is 4.19. The average molecular weight is 574 g/mol. The Bertz CT molecular complexity index is 1820. The quantitative estimate of drug-likeness (QED) is 0.206. The topological polar surface area (TPSA) is 96.9 Å². The standard InChI is InChI=1S/C30H19ClF3N5O2/c1-2-27(40)38-22-5-3-4-17(11-22)24-12-19(10-20-15-35-16-37-28(20)24)23-7-6-18(13-25(23)31)29(41)39-26-14-21(8-9-36-26)30(32,33)34/h2-16H,1H2,(H,38,40)(H,36,39,41). The predicted octanol–water partition coefficient (Wildman–Crippen LogP) is 7.41. The second-order valence-corrected chi connectivity index (χ2v) is 9.24. The lowest BCUT2D eigenvalue weighted by Gasteiger charge is -2.13. The zero-order chi connectivity index (χ0) is 29.1. The molecule has 204 valence electrons. The number of halogens is 4. The van der Waals surface area contributed by atoms with Gasteiger partial charge in [-0.15, -0.1) is 0 Å². The smallest absolute Gasteiger partial charge is 0.323 e. The monoisotopic (exact) mass is 573 g/mol. The van der Waals surface area contributed by atoms with Gasteiger partial charge in [0.2, 0.25) is 5.91 Å². The van der Waals surface area contributed by atoms with E-state index in [4.69, 9.17) is 11.6 Å². The van der Waals surface area contributed by atoms with Crippen molar-refractivity contribution in [2.75, 3.05) is 10.6 Å². The summed E-state index contributed by atoms with van der Waals surface area (Å²) in [6.07, 6.45) is 0.680. The van der Waals surface area contributed by atoms with Crippen LogP contribution < -0.4 is 10.6 Å². The van der Waals surface area contributed by atoms with Crippen LogP contribution in [-0.2, 0) is 11.0 Å². The van der Waals surface area contributed by atoms with Crippen LogP contribution in [-0.4, -0.2) is 26.8 Å². The molecule has 2 aromatic heterocycles. The molecule has 41 heavy (non-hydrogen) atoms. The zero-order valence-electron chi connectivity index (χ0n) is 21.0. The second-order valence-electron chi connectivity index (χ2n) is 8.83. The number of carbonyl (C=O) groups is 2. The Hall–Kier alpha value is -5.09. The molecule has 0 bridgehead atoms. The van der Waals surface area contributed by atoms with Crippen molar-refractivity contribution >= 4 is 45.8 Å². The minimum atomic E-state index is -4.57. The van der Waals surface area contributed by atoms with Crippen LogP contribution in [0.25, 0.3) is 33.2 Å². The molecule has 0 aliphatic heterocycles. The number of fused-ring (bicyclic) bond motifs is 1. The van der Waals surface area contributed by atoms with Gasteiger partial charge in [0.25, 0.3) is 5.91 Å². The van der Waals surface area contributed by atoms with Crippen LogP contribution >= 0.6 is 11.6 Å². The van der Waals surface area contributed by atoms with Gasteiger partial charge in [0.15, 0.2) is 0 Å². The molecule has 0 spiro atoms. The molecule has 0 aliphatic rings. The first-order valence-electron chi connectivity index (χ1n) is 12.0. The number of nitrogens with one attached hydrogen (secondary N) is 2. The van der Waals surface area contributed by atoms with E-state index in [0.29, 0.717) is 22.3 Å². The number of pyridine rings is 1. The van der Waals surface area contributed by atoms with Gasteiger partial charge in [-0.3, -0.25) is 9.59 Å². The lowest BCUT2D eigenvalue weighted by Crippen LogP contribution is -2.14. The van der Waals surface area contributed by atoms with E-state index in [1.165, 1.54) is 24.5 Å². The van der Waals surface area contributed by atoms with Crippen LogP contribution in [0.1, 0.15) is 15.9 Å². The minimum Gasteiger partial charge on any atom is -0.323 e. The molecule has 0 unspecified atom stereocenters. The summed E-state index contributed by atoms with van der Waals surface area (Å²) in [6, 6.07) is 17.1. The number of amides is 2. The van der Waals surface area contributed by atoms with Gasteiger partial charge in [0.1, 0.15) is 12.1 Å². The summed E-state index contributed by atoms with van der Waals surface area (Å²) < 4.78 is 39.1. The molecular formula is C30H19ClF3N5O2. The van der Waals surface area contributed by atoms with Gasteiger partial charge < -0.3 is 10.6 Å². The maximum absolute atomic E-state index is 13.0. The largest absolute Gasteiger partial charge is 0.416 e. The van der Waals surface area contributed by atoms with Gasteiger partial charge >= 0.3 is 6.18 Å². The van der Waals surface area contributed by atoms with Gasteiger partial charge in [-0.2, -0.15) is 13.2 Å². The van der Waals surface area contributed by atoms with E-state index >= 15 is 0 Å². The van der Waals surface area contributed by atoms with Crippen molar-refractivity contribution in [2.45, 2.75) is 6.18 Å². The lowest BCUT2D eigenvalue weighted by molar-refractivity contribution is -0.137.